The van der Waals surface area contributed by atoms with Gasteiger partial charge in [0.2, 0.25) is 0 Å². The number of pyridine rings is 1. The van der Waals surface area contributed by atoms with Crippen LogP contribution in [0.1, 0.15) is 16.7 Å². The molecule has 0 radical (unpaired) electrons. The highest BCUT2D eigenvalue weighted by Gasteiger charge is 2.31. The zero-order chi connectivity index (χ0) is 25.4. The predicted octanol–water partition coefficient (Wildman–Crippen LogP) is 5.72. The Hall–Kier alpha value is -4.72. The van der Waals surface area contributed by atoms with Crippen LogP contribution in [0.4, 0.5) is 22.0 Å². The van der Waals surface area contributed by atoms with Crippen molar-refractivity contribution < 1.29 is 22.0 Å². The van der Waals surface area contributed by atoms with Gasteiger partial charge in [-0.3, -0.25) is 9.67 Å². The maximum Gasteiger partial charge on any atom is 0.416 e. The molecule has 0 unspecified atom stereocenters. The molecule has 0 amide bonds. The highest BCUT2D eigenvalue weighted by molar-refractivity contribution is 5.68. The van der Waals surface area contributed by atoms with Crippen LogP contribution >= 0.6 is 0 Å². The molecule has 0 saturated heterocycles. The summed E-state index contributed by atoms with van der Waals surface area (Å²) in [5.41, 5.74) is 1.09. The minimum absolute atomic E-state index is 0.0393. The van der Waals surface area contributed by atoms with E-state index < -0.39 is 23.4 Å². The van der Waals surface area contributed by atoms with Crippen molar-refractivity contribution >= 4 is 0 Å². The van der Waals surface area contributed by atoms with E-state index in [0.717, 1.165) is 23.8 Å². The molecule has 6 nitrogen and oxygen atoms in total. The van der Waals surface area contributed by atoms with Gasteiger partial charge in [0, 0.05) is 11.8 Å². The number of hydrogen-bond donors (Lipinski definition) is 0. The first-order chi connectivity index (χ1) is 17.2. The summed E-state index contributed by atoms with van der Waals surface area (Å²) < 4.78 is 68.0. The Balaban J connectivity index is 1.39. The average Bonchev–Trinajstić information content (AvgIpc) is 3.28. The summed E-state index contributed by atoms with van der Waals surface area (Å²) in [6.45, 7) is 0.276. The SMILES string of the molecule is N#Cc1cc(C(F)(F)F)ccc1-c1ccc(Cn2cc3nc(-c4cccc(F)c4F)nc-3cn2)cn1. The molecule has 5 rings (SSSR count). The summed E-state index contributed by atoms with van der Waals surface area (Å²) >= 11 is 0. The lowest BCUT2D eigenvalue weighted by Gasteiger charge is -2.10. The third-order valence-electron chi connectivity index (χ3n) is 5.42. The van der Waals surface area contributed by atoms with Crippen LogP contribution in [-0.4, -0.2) is 24.7 Å². The quantitative estimate of drug-likeness (QED) is 0.300. The molecule has 2 aromatic carbocycles. The summed E-state index contributed by atoms with van der Waals surface area (Å²) in [4.78, 5) is 12.8. The fourth-order valence-electron chi connectivity index (χ4n) is 3.65. The Morgan fingerprint density at radius 1 is 0.889 bits per heavy atom. The monoisotopic (exact) mass is 492 g/mol. The van der Waals surface area contributed by atoms with Crippen LogP contribution in [0, 0.1) is 23.0 Å². The summed E-state index contributed by atoms with van der Waals surface area (Å²) in [6, 6.07) is 11.8. The van der Waals surface area contributed by atoms with Crippen molar-refractivity contribution in [1.82, 2.24) is 24.7 Å². The van der Waals surface area contributed by atoms with Gasteiger partial charge in [-0.05, 0) is 35.9 Å². The van der Waals surface area contributed by atoms with Crippen LogP contribution in [-0.2, 0) is 12.7 Å². The van der Waals surface area contributed by atoms with E-state index in [1.54, 1.807) is 29.1 Å². The molecule has 178 valence electrons. The van der Waals surface area contributed by atoms with Crippen LogP contribution in [0.15, 0.2) is 67.1 Å². The topological polar surface area (TPSA) is 80.3 Å². The van der Waals surface area contributed by atoms with E-state index >= 15 is 0 Å². The van der Waals surface area contributed by atoms with E-state index in [4.69, 9.17) is 0 Å². The molecule has 0 fully saturated rings. The third kappa shape index (κ3) is 4.36. The number of benzene rings is 2. The molecule has 36 heavy (non-hydrogen) atoms. The van der Waals surface area contributed by atoms with Crippen molar-refractivity contribution in [3.63, 3.8) is 0 Å². The highest BCUT2D eigenvalue weighted by atomic mass is 19.4. The first kappa shape index (κ1) is 23.0. The molecule has 1 aromatic heterocycles. The van der Waals surface area contributed by atoms with Crippen molar-refractivity contribution in [2.45, 2.75) is 12.7 Å². The number of halogens is 5. The first-order valence-electron chi connectivity index (χ1n) is 10.4. The Morgan fingerprint density at radius 3 is 2.42 bits per heavy atom. The zero-order valence-electron chi connectivity index (χ0n) is 18.1. The normalized spacial score (nSPS) is 11.6. The number of hydrogen-bond acceptors (Lipinski definition) is 5. The summed E-state index contributed by atoms with van der Waals surface area (Å²) in [6.07, 6.45) is 0.0229. The van der Waals surface area contributed by atoms with Gasteiger partial charge in [-0.25, -0.2) is 18.7 Å². The predicted molar refractivity (Wildman–Crippen MR) is 118 cm³/mol. The molecule has 0 saturated carbocycles. The molecule has 0 bridgehead atoms. The van der Waals surface area contributed by atoms with Crippen LogP contribution in [0.25, 0.3) is 34.0 Å². The second kappa shape index (κ2) is 8.81. The molecule has 2 aliphatic heterocycles. The van der Waals surface area contributed by atoms with Crippen molar-refractivity contribution in [3.8, 4) is 40.1 Å². The fourth-order valence-corrected chi connectivity index (χ4v) is 3.65. The number of nitriles is 1. The summed E-state index contributed by atoms with van der Waals surface area (Å²) in [7, 11) is 0. The van der Waals surface area contributed by atoms with Crippen LogP contribution < -0.4 is 0 Å². The molecule has 11 heteroatoms. The fraction of sp³-hybridized carbons (Fsp3) is 0.0800. The molecule has 0 N–H and O–H groups in total. The van der Waals surface area contributed by atoms with E-state index in [2.05, 4.69) is 20.1 Å². The second-order valence-corrected chi connectivity index (χ2v) is 7.81. The van der Waals surface area contributed by atoms with Gasteiger partial charge in [0.1, 0.15) is 11.4 Å². The van der Waals surface area contributed by atoms with Crippen molar-refractivity contribution in [1.29, 1.82) is 5.26 Å². The smallest absolute Gasteiger partial charge is 0.266 e. The van der Waals surface area contributed by atoms with E-state index in [0.29, 0.717) is 17.1 Å². The Bertz CT molecular complexity index is 1580. The van der Waals surface area contributed by atoms with Gasteiger partial charge in [-0.1, -0.05) is 18.2 Å². The largest absolute Gasteiger partial charge is 0.416 e. The van der Waals surface area contributed by atoms with Crippen LogP contribution in [0.2, 0.25) is 0 Å². The standard InChI is InChI=1S/C25H13F5N6/c26-19-3-1-2-18(23(19)27)24-34-21-11-33-36(13-22(21)35-24)12-14-4-7-20(32-10-14)17-6-5-16(25(28,29)30)8-15(17)9-31/h1-8,10-11,13H,12H2. The number of aromatic nitrogens is 5. The van der Waals surface area contributed by atoms with Gasteiger partial charge >= 0.3 is 6.18 Å². The van der Waals surface area contributed by atoms with Gasteiger partial charge in [-0.2, -0.15) is 23.5 Å². The molecule has 3 heterocycles. The van der Waals surface area contributed by atoms with E-state index in [1.807, 2.05) is 0 Å². The molecule has 0 aliphatic carbocycles. The molecule has 2 aliphatic rings. The van der Waals surface area contributed by atoms with Crippen LogP contribution in [0.5, 0.6) is 0 Å². The van der Waals surface area contributed by atoms with Crippen molar-refractivity contribution in [2.75, 3.05) is 0 Å². The lowest BCUT2D eigenvalue weighted by atomic mass is 10.0. The lowest BCUT2D eigenvalue weighted by molar-refractivity contribution is -0.137. The number of fused-ring (bicyclic) bond motifs is 1. The highest BCUT2D eigenvalue weighted by Crippen LogP contribution is 2.33. The minimum Gasteiger partial charge on any atom is -0.266 e. The number of imidazole rings is 1. The van der Waals surface area contributed by atoms with Crippen molar-refractivity contribution in [2.24, 2.45) is 0 Å². The summed E-state index contributed by atoms with van der Waals surface area (Å²) in [5, 5.41) is 13.6. The van der Waals surface area contributed by atoms with E-state index in [9.17, 15) is 27.2 Å². The maximum atomic E-state index is 14.1. The van der Waals surface area contributed by atoms with Gasteiger partial charge < -0.3 is 0 Å². The van der Waals surface area contributed by atoms with Gasteiger partial charge in [-0.15, -0.1) is 0 Å². The summed E-state index contributed by atoms with van der Waals surface area (Å²) in [5.74, 6) is -1.99. The molecule has 3 aromatic rings. The first-order valence-corrected chi connectivity index (χ1v) is 10.4. The third-order valence-corrected chi connectivity index (χ3v) is 5.42. The van der Waals surface area contributed by atoms with Gasteiger partial charge in [0.25, 0.3) is 0 Å². The number of alkyl halides is 3. The minimum atomic E-state index is -4.55. The molecular weight excluding hydrogens is 479 g/mol. The molecule has 0 spiro atoms. The van der Waals surface area contributed by atoms with E-state index in [-0.39, 0.29) is 29.1 Å². The Morgan fingerprint density at radius 2 is 1.69 bits per heavy atom. The van der Waals surface area contributed by atoms with Crippen LogP contribution in [0.3, 0.4) is 0 Å². The number of rotatable bonds is 4. The lowest BCUT2D eigenvalue weighted by Crippen LogP contribution is -2.06. The van der Waals surface area contributed by atoms with Crippen molar-refractivity contribution in [3.05, 3.63) is 95.4 Å². The van der Waals surface area contributed by atoms with Gasteiger partial charge in [0.05, 0.1) is 47.4 Å². The Kier molecular flexibility index (Phi) is 5.64. The zero-order valence-corrected chi connectivity index (χ0v) is 18.1. The Labute approximate surface area is 200 Å². The maximum absolute atomic E-state index is 14.1. The molecular formula is C25H13F5N6. The van der Waals surface area contributed by atoms with E-state index in [1.165, 1.54) is 30.6 Å². The average molecular weight is 492 g/mol. The number of nitrogens with zero attached hydrogens (tertiary/aromatic N) is 6. The van der Waals surface area contributed by atoms with Gasteiger partial charge in [0.15, 0.2) is 17.5 Å². The molecule has 0 atom stereocenters. The second-order valence-electron chi connectivity index (χ2n) is 7.81.